The first-order valence-corrected chi connectivity index (χ1v) is 10.2. The van der Waals surface area contributed by atoms with Gasteiger partial charge in [0.05, 0.1) is 38.9 Å². The molecule has 2 fully saturated rings. The molecule has 2 unspecified atom stereocenters. The Morgan fingerprint density at radius 2 is 2.14 bits per heavy atom. The van der Waals surface area contributed by atoms with E-state index in [1.165, 1.54) is 23.8 Å². The molecule has 4 heterocycles. The molecule has 2 saturated heterocycles. The molecule has 1 N–H and O–H groups in total. The van der Waals surface area contributed by atoms with Crippen LogP contribution in [0.15, 0.2) is 18.2 Å². The summed E-state index contributed by atoms with van der Waals surface area (Å²) < 4.78 is 16.5. The SMILES string of the molecule is COC(=O)C1COC(C)[C@H]2CN3CCc4c([nH]c5cc(OC)ccc45)[C@@H]3C[C@H]12. The van der Waals surface area contributed by atoms with Gasteiger partial charge in [-0.1, -0.05) is 0 Å². The molecule has 0 saturated carbocycles. The predicted octanol–water partition coefficient (Wildman–Crippen LogP) is 2.92. The molecule has 3 aliphatic heterocycles. The van der Waals surface area contributed by atoms with Gasteiger partial charge in [-0.2, -0.15) is 0 Å². The quantitative estimate of drug-likeness (QED) is 0.807. The van der Waals surface area contributed by atoms with Crippen molar-refractivity contribution in [1.29, 1.82) is 0 Å². The van der Waals surface area contributed by atoms with Crippen molar-refractivity contribution >= 4 is 16.9 Å². The number of aromatic amines is 1. The summed E-state index contributed by atoms with van der Waals surface area (Å²) in [4.78, 5) is 18.7. The second-order valence-electron chi connectivity index (χ2n) is 8.42. The number of nitrogens with one attached hydrogen (secondary N) is 1. The molecule has 1 aromatic heterocycles. The second kappa shape index (κ2) is 6.78. The van der Waals surface area contributed by atoms with Gasteiger partial charge in [0, 0.05) is 41.7 Å². The summed E-state index contributed by atoms with van der Waals surface area (Å²) in [5.41, 5.74) is 3.88. The maximum atomic E-state index is 12.4. The molecule has 0 spiro atoms. The highest BCUT2D eigenvalue weighted by Crippen LogP contribution is 2.48. The molecular formula is C22H28N2O4. The summed E-state index contributed by atoms with van der Waals surface area (Å²) in [5.74, 6) is 1.25. The van der Waals surface area contributed by atoms with E-state index in [0.717, 1.165) is 37.2 Å². The fourth-order valence-corrected chi connectivity index (χ4v) is 5.71. The third kappa shape index (κ3) is 2.65. The predicted molar refractivity (Wildman–Crippen MR) is 105 cm³/mol. The van der Waals surface area contributed by atoms with Crippen molar-refractivity contribution in [1.82, 2.24) is 9.88 Å². The van der Waals surface area contributed by atoms with Crippen LogP contribution in [0.4, 0.5) is 0 Å². The molecule has 28 heavy (non-hydrogen) atoms. The number of aromatic nitrogens is 1. The van der Waals surface area contributed by atoms with Gasteiger partial charge in [0.1, 0.15) is 5.75 Å². The first-order chi connectivity index (χ1) is 13.6. The average Bonchev–Trinajstić information content (AvgIpc) is 3.10. The van der Waals surface area contributed by atoms with Crippen LogP contribution < -0.4 is 4.74 Å². The van der Waals surface area contributed by atoms with Crippen molar-refractivity contribution in [2.75, 3.05) is 33.9 Å². The van der Waals surface area contributed by atoms with E-state index in [2.05, 4.69) is 28.9 Å². The minimum absolute atomic E-state index is 0.132. The van der Waals surface area contributed by atoms with E-state index in [0.29, 0.717) is 24.5 Å². The third-order valence-electron chi connectivity index (χ3n) is 7.22. The van der Waals surface area contributed by atoms with Crippen molar-refractivity contribution in [3.05, 3.63) is 29.5 Å². The van der Waals surface area contributed by atoms with Gasteiger partial charge < -0.3 is 19.2 Å². The van der Waals surface area contributed by atoms with Gasteiger partial charge >= 0.3 is 5.97 Å². The summed E-state index contributed by atoms with van der Waals surface area (Å²) >= 11 is 0. The smallest absolute Gasteiger partial charge is 0.311 e. The lowest BCUT2D eigenvalue weighted by Crippen LogP contribution is -2.55. The van der Waals surface area contributed by atoms with Crippen molar-refractivity contribution in [2.24, 2.45) is 17.8 Å². The topological polar surface area (TPSA) is 63.8 Å². The number of nitrogens with zero attached hydrogens (tertiary/aromatic N) is 1. The van der Waals surface area contributed by atoms with Crippen LogP contribution >= 0.6 is 0 Å². The van der Waals surface area contributed by atoms with E-state index in [9.17, 15) is 4.79 Å². The number of rotatable bonds is 2. The summed E-state index contributed by atoms with van der Waals surface area (Å²) in [7, 11) is 3.18. The molecule has 6 nitrogen and oxygen atoms in total. The number of hydrogen-bond donors (Lipinski definition) is 1. The highest BCUT2D eigenvalue weighted by Gasteiger charge is 2.49. The molecule has 0 aliphatic carbocycles. The summed E-state index contributed by atoms with van der Waals surface area (Å²) in [6.07, 6.45) is 2.19. The molecule has 0 radical (unpaired) electrons. The largest absolute Gasteiger partial charge is 0.497 e. The van der Waals surface area contributed by atoms with Crippen molar-refractivity contribution in [3.63, 3.8) is 0 Å². The minimum atomic E-state index is -0.164. The number of piperidine rings is 1. The zero-order valence-electron chi connectivity index (χ0n) is 16.7. The van der Waals surface area contributed by atoms with Gasteiger partial charge in [-0.05, 0) is 43.4 Å². The number of methoxy groups -OCH3 is 2. The molecule has 150 valence electrons. The molecule has 5 atom stereocenters. The lowest BCUT2D eigenvalue weighted by atomic mass is 9.69. The monoisotopic (exact) mass is 384 g/mol. The van der Waals surface area contributed by atoms with Gasteiger partial charge in [0.2, 0.25) is 0 Å². The van der Waals surface area contributed by atoms with Gasteiger partial charge in [-0.3, -0.25) is 9.69 Å². The van der Waals surface area contributed by atoms with Crippen LogP contribution in [0.25, 0.3) is 10.9 Å². The van der Waals surface area contributed by atoms with Crippen LogP contribution in [0.1, 0.15) is 30.6 Å². The number of esters is 1. The molecule has 6 heteroatoms. The molecular weight excluding hydrogens is 356 g/mol. The number of fused-ring (bicyclic) bond motifs is 6. The third-order valence-corrected chi connectivity index (χ3v) is 7.22. The maximum absolute atomic E-state index is 12.4. The molecule has 3 aliphatic rings. The first-order valence-electron chi connectivity index (χ1n) is 10.2. The van der Waals surface area contributed by atoms with E-state index >= 15 is 0 Å². The van der Waals surface area contributed by atoms with Crippen LogP contribution in [-0.4, -0.2) is 55.9 Å². The Bertz CT molecular complexity index is 907. The lowest BCUT2D eigenvalue weighted by Gasteiger charge is -2.51. The van der Waals surface area contributed by atoms with Crippen molar-refractivity contribution in [2.45, 2.75) is 31.9 Å². The number of carbonyl (C=O) groups is 1. The number of H-pyrrole nitrogens is 1. The van der Waals surface area contributed by atoms with Crippen LogP contribution in [-0.2, 0) is 20.7 Å². The van der Waals surface area contributed by atoms with E-state index < -0.39 is 0 Å². The zero-order chi connectivity index (χ0) is 19.4. The number of hydrogen-bond acceptors (Lipinski definition) is 5. The van der Waals surface area contributed by atoms with Gasteiger partial charge in [-0.25, -0.2) is 0 Å². The Morgan fingerprint density at radius 3 is 2.93 bits per heavy atom. The second-order valence-corrected chi connectivity index (χ2v) is 8.42. The standard InChI is InChI=1S/C22H28N2O4/c1-12-17-10-24-7-6-15-14-5-4-13(26-2)8-19(14)23-21(15)20(24)9-16(17)18(11-28-12)22(25)27-3/h4-5,8,12,16-18,20,23H,6-7,9-11H2,1-3H3/t12?,16-,17+,18?,20-/m0/s1. The Kier molecular flexibility index (Phi) is 4.36. The Labute approximate surface area is 165 Å². The summed E-state index contributed by atoms with van der Waals surface area (Å²) in [6, 6.07) is 6.60. The van der Waals surface area contributed by atoms with E-state index in [1.54, 1.807) is 7.11 Å². The van der Waals surface area contributed by atoms with E-state index in [-0.39, 0.29) is 18.0 Å². The number of carbonyl (C=O) groups excluding carboxylic acids is 1. The highest BCUT2D eigenvalue weighted by atomic mass is 16.5. The molecule has 2 aromatic rings. The minimum Gasteiger partial charge on any atom is -0.497 e. The average molecular weight is 384 g/mol. The summed E-state index contributed by atoms with van der Waals surface area (Å²) in [6.45, 7) is 4.65. The molecule has 0 bridgehead atoms. The fraction of sp³-hybridized carbons (Fsp3) is 0.591. The number of benzene rings is 1. The van der Waals surface area contributed by atoms with Crippen molar-refractivity contribution < 1.29 is 19.0 Å². The van der Waals surface area contributed by atoms with Gasteiger partial charge in [0.15, 0.2) is 0 Å². The van der Waals surface area contributed by atoms with E-state index in [4.69, 9.17) is 14.2 Å². The summed E-state index contributed by atoms with van der Waals surface area (Å²) in [5, 5.41) is 1.29. The van der Waals surface area contributed by atoms with Gasteiger partial charge in [-0.15, -0.1) is 0 Å². The highest BCUT2D eigenvalue weighted by molar-refractivity contribution is 5.86. The van der Waals surface area contributed by atoms with Crippen LogP contribution in [0.3, 0.4) is 0 Å². The number of ether oxygens (including phenoxy) is 3. The molecule has 0 amide bonds. The molecule has 1 aromatic carbocycles. The fourth-order valence-electron chi connectivity index (χ4n) is 5.71. The zero-order valence-corrected chi connectivity index (χ0v) is 16.7. The van der Waals surface area contributed by atoms with Crippen LogP contribution in [0.5, 0.6) is 5.75 Å². The van der Waals surface area contributed by atoms with Crippen LogP contribution in [0.2, 0.25) is 0 Å². The Hall–Kier alpha value is -2.05. The maximum Gasteiger partial charge on any atom is 0.311 e. The van der Waals surface area contributed by atoms with Crippen molar-refractivity contribution in [3.8, 4) is 5.75 Å². The lowest BCUT2D eigenvalue weighted by molar-refractivity contribution is -0.169. The Balaban J connectivity index is 1.52. The first kappa shape index (κ1) is 18.0. The normalized spacial score (nSPS) is 32.3. The van der Waals surface area contributed by atoms with Crippen LogP contribution in [0, 0.1) is 17.8 Å². The molecule has 5 rings (SSSR count). The van der Waals surface area contributed by atoms with Gasteiger partial charge in [0.25, 0.3) is 0 Å². The Morgan fingerprint density at radius 1 is 1.29 bits per heavy atom. The van der Waals surface area contributed by atoms with E-state index in [1.807, 2.05) is 6.07 Å².